The standard InChI is InChI=1S/3GeHO2.H6P/c3*2-1-3;/h3*1H;1H6/q3*-1;+3. The molecule has 6 nitrogen and oxygen atoms in total. The van der Waals surface area contributed by atoms with E-state index in [0.29, 0.717) is 0 Å². The van der Waals surface area contributed by atoms with Gasteiger partial charge in [-0.05, 0) is 0 Å². The molecule has 0 rings (SSSR count). The predicted octanol–water partition coefficient (Wildman–Crippen LogP) is -6.61. The second-order valence-electron chi connectivity index (χ2n) is 0.289. The van der Waals surface area contributed by atoms with Gasteiger partial charge in [-0.15, -0.1) is 0 Å². The molecule has 62 valence electrons. The molecular formula is H9Ge3O6P. The van der Waals surface area contributed by atoms with Gasteiger partial charge in [0.1, 0.15) is 0 Å². The third-order valence-electron chi connectivity index (χ3n) is 0. The second kappa shape index (κ2) is 52.0. The van der Waals surface area contributed by atoms with Crippen LogP contribution in [0.2, 0.25) is 0 Å². The van der Waals surface area contributed by atoms with Gasteiger partial charge in [-0.3, -0.25) is 9.90 Å². The Balaban J connectivity index is -0.0000000257. The summed E-state index contributed by atoms with van der Waals surface area (Å²) >= 11 is -6.56. The van der Waals surface area contributed by atoms with Crippen LogP contribution in [0.4, 0.5) is 0 Å². The first-order valence-electron chi connectivity index (χ1n) is 1.41. The van der Waals surface area contributed by atoms with Crippen molar-refractivity contribution in [1.82, 2.24) is 0 Å². The molecule has 0 aliphatic heterocycles. The maximum absolute atomic E-state index is 8.53. The molecule has 0 unspecified atom stereocenters. The molecule has 0 spiro atoms. The minimum atomic E-state index is -2.19. The molecule has 0 heterocycles. The average Bonchev–Trinajstić information content (AvgIpc) is 1.70. The van der Waals surface area contributed by atoms with Crippen LogP contribution >= 0.6 is 9.90 Å². The molecule has 0 saturated heterocycles. The molecule has 0 N–H and O–H groups in total. The van der Waals surface area contributed by atoms with Crippen molar-refractivity contribution in [2.45, 2.75) is 0 Å². The van der Waals surface area contributed by atoms with E-state index in [-0.39, 0.29) is 9.90 Å². The van der Waals surface area contributed by atoms with Crippen LogP contribution in [0.5, 0.6) is 0 Å². The van der Waals surface area contributed by atoms with Gasteiger partial charge in [-0.2, -0.15) is 0 Å². The van der Waals surface area contributed by atoms with Crippen molar-refractivity contribution < 1.29 is 23.7 Å². The Hall–Kier alpha value is 0.859. The minimum absolute atomic E-state index is 0. The van der Waals surface area contributed by atoms with Crippen molar-refractivity contribution in [3.63, 3.8) is 0 Å². The maximum atomic E-state index is 8.53. The third kappa shape index (κ3) is 742. The summed E-state index contributed by atoms with van der Waals surface area (Å²) in [4.78, 5) is 0. The van der Waals surface area contributed by atoms with E-state index >= 15 is 0 Å². The van der Waals surface area contributed by atoms with Crippen molar-refractivity contribution in [2.24, 2.45) is 0 Å². The zero-order valence-corrected chi connectivity index (χ0v) is 11.4. The van der Waals surface area contributed by atoms with Gasteiger partial charge in [0.05, 0.1) is 0 Å². The SMILES string of the molecule is [O]=[GeH][O-].[O]=[GeH][O-].[O]=[GeH][O-].[PH6+3]. The normalized spacial score (nSPS) is 3.60. The van der Waals surface area contributed by atoms with E-state index in [1.54, 1.807) is 0 Å². The van der Waals surface area contributed by atoms with Gasteiger partial charge in [0, 0.05) is 0 Å². The van der Waals surface area contributed by atoms with Gasteiger partial charge >= 0.3 is 70.8 Å². The monoisotopic (exact) mass is 358 g/mol. The van der Waals surface area contributed by atoms with Crippen molar-refractivity contribution >= 4 is 57.0 Å². The summed E-state index contributed by atoms with van der Waals surface area (Å²) in [5.74, 6) is 0. The Morgan fingerprint density at radius 2 is 0.700 bits per heavy atom. The molecule has 0 saturated carbocycles. The van der Waals surface area contributed by atoms with Gasteiger partial charge in [0.15, 0.2) is 0 Å². The van der Waals surface area contributed by atoms with Gasteiger partial charge in [-0.25, -0.2) is 0 Å². The molecule has 0 aromatic heterocycles. The van der Waals surface area contributed by atoms with Crippen LogP contribution in [-0.2, 0) is 11.3 Å². The molecule has 10 heteroatoms. The maximum Gasteiger partial charge on any atom is -0.295 e. The Bertz CT molecular complexity index is 49.7. The summed E-state index contributed by atoms with van der Waals surface area (Å²) < 4.78 is 51.2. The molecule has 0 amide bonds. The van der Waals surface area contributed by atoms with Crippen LogP contribution < -0.4 is 12.4 Å². The van der Waals surface area contributed by atoms with Crippen LogP contribution in [0, 0.1) is 0 Å². The van der Waals surface area contributed by atoms with Gasteiger partial charge in [-0.1, -0.05) is 0 Å². The van der Waals surface area contributed by atoms with Crippen LogP contribution in [-0.4, -0.2) is 47.1 Å². The summed E-state index contributed by atoms with van der Waals surface area (Å²) in [5.41, 5.74) is 0. The van der Waals surface area contributed by atoms with Crippen molar-refractivity contribution in [3.05, 3.63) is 0 Å². The van der Waals surface area contributed by atoms with Crippen molar-refractivity contribution in [1.29, 1.82) is 0 Å². The van der Waals surface area contributed by atoms with E-state index in [9.17, 15) is 0 Å². The van der Waals surface area contributed by atoms with Crippen LogP contribution in [0.3, 0.4) is 0 Å². The molecule has 0 atom stereocenters. The minimum Gasteiger partial charge on any atom is -0.295 e. The molecule has 0 bridgehead atoms. The van der Waals surface area contributed by atoms with E-state index in [1.165, 1.54) is 0 Å². The largest absolute Gasteiger partial charge is 0.295 e. The molecule has 0 fully saturated rings. The van der Waals surface area contributed by atoms with Crippen LogP contribution in [0.15, 0.2) is 0 Å². The van der Waals surface area contributed by atoms with Crippen LogP contribution in [0.25, 0.3) is 0 Å². The summed E-state index contributed by atoms with van der Waals surface area (Å²) in [6.07, 6.45) is 0. The molecule has 0 aliphatic rings. The zero-order chi connectivity index (χ0) is 8.12. The predicted molar refractivity (Wildman–Crippen MR) is 38.8 cm³/mol. The number of rotatable bonds is 0. The van der Waals surface area contributed by atoms with E-state index < -0.39 is 47.1 Å². The Kier molecular flexibility index (Phi) is 117. The molecular weight excluding hydrogens is 345 g/mol. The molecule has 10 heavy (non-hydrogen) atoms. The van der Waals surface area contributed by atoms with Gasteiger partial charge in [0.2, 0.25) is 0 Å². The summed E-state index contributed by atoms with van der Waals surface area (Å²) in [6, 6.07) is 0. The summed E-state index contributed by atoms with van der Waals surface area (Å²) in [7, 11) is 0. The summed E-state index contributed by atoms with van der Waals surface area (Å²) in [5, 5.41) is 0. The molecule has 0 radical (unpaired) electrons. The van der Waals surface area contributed by atoms with Crippen LogP contribution in [0.1, 0.15) is 0 Å². The summed E-state index contributed by atoms with van der Waals surface area (Å²) in [6.45, 7) is 0. The third-order valence-corrected chi connectivity index (χ3v) is 0. The smallest absolute Gasteiger partial charge is 0.295 e. The zero-order valence-electron chi connectivity index (χ0n) is 4.18. The molecule has 0 aliphatic carbocycles. The Labute approximate surface area is 80.5 Å². The fraction of sp³-hybridized carbons (Fsp3) is 0. The van der Waals surface area contributed by atoms with Gasteiger partial charge < -0.3 is 0 Å². The van der Waals surface area contributed by atoms with Gasteiger partial charge in [0.25, 0.3) is 0 Å². The number of hydrogen-bond acceptors (Lipinski definition) is 6. The topological polar surface area (TPSA) is 120 Å². The van der Waals surface area contributed by atoms with E-state index in [0.717, 1.165) is 0 Å². The van der Waals surface area contributed by atoms with Crippen molar-refractivity contribution in [3.8, 4) is 0 Å². The first-order chi connectivity index (χ1) is 4.24. The average molecular weight is 354 g/mol. The van der Waals surface area contributed by atoms with E-state index in [1.807, 2.05) is 0 Å². The molecule has 0 aromatic rings. The Morgan fingerprint density at radius 3 is 0.700 bits per heavy atom. The fourth-order valence-electron chi connectivity index (χ4n) is 0. The van der Waals surface area contributed by atoms with E-state index in [4.69, 9.17) is 23.7 Å². The Morgan fingerprint density at radius 1 is 0.700 bits per heavy atom. The molecule has 0 aromatic carbocycles. The quantitative estimate of drug-likeness (QED) is 0.315. The second-order valence-corrected chi connectivity index (χ2v) is 1.50. The first-order valence-corrected chi connectivity index (χ1v) is 7.35. The van der Waals surface area contributed by atoms with Crippen molar-refractivity contribution in [2.75, 3.05) is 0 Å². The first kappa shape index (κ1) is 22.4. The fourth-order valence-corrected chi connectivity index (χ4v) is 0. The van der Waals surface area contributed by atoms with E-state index in [2.05, 4.69) is 0 Å². The number of hydrogen-bond donors (Lipinski definition) is 0.